The minimum atomic E-state index is -0.0737. The fourth-order valence-electron chi connectivity index (χ4n) is 5.18. The second-order valence-electron chi connectivity index (χ2n) is 8.14. The Bertz CT molecular complexity index is 859. The molecule has 0 saturated carbocycles. The van der Waals surface area contributed by atoms with Gasteiger partial charge in [-0.05, 0) is 26.2 Å². The molecular formula is C20H25N5O2S. The minimum Gasteiger partial charge on any atom is -0.369 e. The van der Waals surface area contributed by atoms with Crippen LogP contribution in [-0.2, 0) is 16.0 Å². The van der Waals surface area contributed by atoms with E-state index >= 15 is 0 Å². The Labute approximate surface area is 168 Å². The van der Waals surface area contributed by atoms with Crippen molar-refractivity contribution in [1.82, 2.24) is 20.3 Å². The van der Waals surface area contributed by atoms with E-state index in [2.05, 4.69) is 25.2 Å². The molecule has 7 nitrogen and oxygen atoms in total. The summed E-state index contributed by atoms with van der Waals surface area (Å²) in [6.07, 6.45) is 8.91. The Morgan fingerprint density at radius 3 is 3.18 bits per heavy atom. The average Bonchev–Trinajstić information content (AvgIpc) is 3.46. The van der Waals surface area contributed by atoms with Gasteiger partial charge < -0.3 is 15.0 Å². The smallest absolute Gasteiger partial charge is 0.220 e. The summed E-state index contributed by atoms with van der Waals surface area (Å²) in [6.45, 7) is 4.49. The summed E-state index contributed by atoms with van der Waals surface area (Å²) in [5, 5.41) is 6.25. The molecule has 28 heavy (non-hydrogen) atoms. The number of nitrogens with zero attached hydrogens (tertiary/aromatic N) is 4. The highest BCUT2D eigenvalue weighted by Gasteiger charge is 2.63. The van der Waals surface area contributed by atoms with Crippen molar-refractivity contribution >= 4 is 23.1 Å². The molecule has 5 heterocycles. The van der Waals surface area contributed by atoms with Crippen LogP contribution in [0.5, 0.6) is 0 Å². The molecule has 0 radical (unpaired) electrons. The van der Waals surface area contributed by atoms with Crippen LogP contribution in [0.15, 0.2) is 24.0 Å². The lowest BCUT2D eigenvalue weighted by molar-refractivity contribution is -0.121. The van der Waals surface area contributed by atoms with Crippen LogP contribution in [-0.4, -0.2) is 52.2 Å². The molecule has 2 bridgehead atoms. The van der Waals surface area contributed by atoms with Crippen LogP contribution in [0.4, 0.5) is 5.82 Å². The van der Waals surface area contributed by atoms with E-state index in [4.69, 9.17) is 4.74 Å². The van der Waals surface area contributed by atoms with E-state index in [1.165, 1.54) is 0 Å². The van der Waals surface area contributed by atoms with Gasteiger partial charge in [-0.15, -0.1) is 11.3 Å². The number of thiazole rings is 1. The molecule has 3 fully saturated rings. The van der Waals surface area contributed by atoms with Crippen LogP contribution in [0.25, 0.3) is 0 Å². The largest absolute Gasteiger partial charge is 0.369 e. The maximum Gasteiger partial charge on any atom is 0.220 e. The zero-order chi connectivity index (χ0) is 19.1. The van der Waals surface area contributed by atoms with Gasteiger partial charge in [0.2, 0.25) is 5.91 Å². The van der Waals surface area contributed by atoms with Crippen molar-refractivity contribution in [3.8, 4) is 0 Å². The zero-order valence-corrected chi connectivity index (χ0v) is 16.8. The highest BCUT2D eigenvalue weighted by atomic mass is 32.1. The molecule has 0 aromatic carbocycles. The first-order valence-electron chi connectivity index (χ1n) is 9.99. The Morgan fingerprint density at radius 2 is 2.39 bits per heavy atom. The summed E-state index contributed by atoms with van der Waals surface area (Å²) in [7, 11) is 0. The number of aromatic nitrogens is 3. The molecule has 2 aromatic rings. The number of aryl methyl sites for hydroxylation is 2. The molecule has 1 amide bonds. The van der Waals surface area contributed by atoms with Gasteiger partial charge >= 0.3 is 0 Å². The fraction of sp³-hybridized carbons (Fsp3) is 0.600. The van der Waals surface area contributed by atoms with Crippen LogP contribution in [0.3, 0.4) is 0 Å². The highest BCUT2D eigenvalue weighted by Crippen LogP contribution is 2.55. The third-order valence-electron chi connectivity index (χ3n) is 6.47. The van der Waals surface area contributed by atoms with Gasteiger partial charge in [0.1, 0.15) is 5.82 Å². The van der Waals surface area contributed by atoms with E-state index in [1.807, 2.05) is 18.5 Å². The molecule has 0 aliphatic carbocycles. The number of hydrogen-bond acceptors (Lipinski definition) is 7. The van der Waals surface area contributed by atoms with E-state index in [0.717, 1.165) is 42.5 Å². The van der Waals surface area contributed by atoms with Crippen molar-refractivity contribution in [2.24, 2.45) is 11.8 Å². The van der Waals surface area contributed by atoms with Crippen molar-refractivity contribution < 1.29 is 9.53 Å². The number of anilines is 1. The molecule has 1 spiro atoms. The molecular weight excluding hydrogens is 374 g/mol. The summed E-state index contributed by atoms with van der Waals surface area (Å²) in [6, 6.07) is 0. The SMILES string of the molecule is Cc1nc(CCC(=O)NC[C@H]2[C@H]3CN(c4cnccn4)C[C@]34CC[C@H]2O4)cs1. The number of carbonyl (C=O) groups is 1. The number of hydrogen-bond donors (Lipinski definition) is 1. The molecule has 3 saturated heterocycles. The van der Waals surface area contributed by atoms with Gasteiger partial charge in [0, 0.05) is 55.7 Å². The van der Waals surface area contributed by atoms with Crippen LogP contribution >= 0.6 is 11.3 Å². The third-order valence-corrected chi connectivity index (χ3v) is 7.29. The molecule has 3 aliphatic rings. The predicted octanol–water partition coefficient (Wildman–Crippen LogP) is 1.97. The highest BCUT2D eigenvalue weighted by molar-refractivity contribution is 7.09. The van der Waals surface area contributed by atoms with E-state index < -0.39 is 0 Å². The third kappa shape index (κ3) is 3.18. The summed E-state index contributed by atoms with van der Waals surface area (Å²) >= 11 is 1.63. The van der Waals surface area contributed by atoms with Gasteiger partial charge in [-0.1, -0.05) is 0 Å². The van der Waals surface area contributed by atoms with E-state index in [0.29, 0.717) is 31.2 Å². The Morgan fingerprint density at radius 1 is 1.46 bits per heavy atom. The lowest BCUT2D eigenvalue weighted by Gasteiger charge is -2.29. The summed E-state index contributed by atoms with van der Waals surface area (Å²) in [5.41, 5.74) is 0.936. The van der Waals surface area contributed by atoms with Crippen LogP contribution in [0.1, 0.15) is 30.0 Å². The summed E-state index contributed by atoms with van der Waals surface area (Å²) in [4.78, 5) is 27.7. The quantitative estimate of drug-likeness (QED) is 0.800. The van der Waals surface area contributed by atoms with E-state index in [9.17, 15) is 4.79 Å². The van der Waals surface area contributed by atoms with E-state index in [-0.39, 0.29) is 17.6 Å². The van der Waals surface area contributed by atoms with Gasteiger partial charge in [-0.3, -0.25) is 9.78 Å². The first-order valence-corrected chi connectivity index (χ1v) is 10.9. The molecule has 5 rings (SSSR count). The van der Waals surface area contributed by atoms with Gasteiger partial charge in [0.15, 0.2) is 0 Å². The van der Waals surface area contributed by atoms with Gasteiger partial charge in [-0.25, -0.2) is 9.97 Å². The van der Waals surface area contributed by atoms with Crippen LogP contribution < -0.4 is 10.2 Å². The maximum atomic E-state index is 12.4. The van der Waals surface area contributed by atoms with Crippen molar-refractivity contribution in [3.05, 3.63) is 34.7 Å². The zero-order valence-electron chi connectivity index (χ0n) is 16.0. The van der Waals surface area contributed by atoms with Gasteiger partial charge in [0.25, 0.3) is 0 Å². The Balaban J connectivity index is 1.19. The number of carbonyl (C=O) groups excluding carboxylic acids is 1. The van der Waals surface area contributed by atoms with Gasteiger partial charge in [-0.2, -0.15) is 0 Å². The normalized spacial score (nSPS) is 30.6. The average molecular weight is 400 g/mol. The fourth-order valence-corrected chi connectivity index (χ4v) is 5.82. The van der Waals surface area contributed by atoms with Crippen LogP contribution in [0, 0.1) is 18.8 Å². The maximum absolute atomic E-state index is 12.4. The monoisotopic (exact) mass is 399 g/mol. The first kappa shape index (κ1) is 18.0. The molecule has 0 unspecified atom stereocenters. The number of amides is 1. The molecule has 148 valence electrons. The number of fused-ring (bicyclic) bond motifs is 1. The molecule has 4 atom stereocenters. The second-order valence-corrected chi connectivity index (χ2v) is 9.20. The lowest BCUT2D eigenvalue weighted by atomic mass is 9.73. The number of nitrogens with one attached hydrogen (secondary N) is 1. The molecule has 2 aromatic heterocycles. The Hall–Kier alpha value is -2.06. The molecule has 3 aliphatic heterocycles. The second kappa shape index (κ2) is 7.08. The Kier molecular flexibility index (Phi) is 4.55. The van der Waals surface area contributed by atoms with E-state index in [1.54, 1.807) is 23.7 Å². The lowest BCUT2D eigenvalue weighted by Crippen LogP contribution is -2.41. The van der Waals surface area contributed by atoms with Crippen molar-refractivity contribution in [2.75, 3.05) is 24.5 Å². The first-order chi connectivity index (χ1) is 13.6. The number of ether oxygens (including phenoxy) is 1. The summed E-state index contributed by atoms with van der Waals surface area (Å²) in [5.74, 6) is 1.83. The van der Waals surface area contributed by atoms with Crippen molar-refractivity contribution in [1.29, 1.82) is 0 Å². The minimum absolute atomic E-state index is 0.0737. The van der Waals surface area contributed by atoms with Gasteiger partial charge in [0.05, 0.1) is 28.6 Å². The summed E-state index contributed by atoms with van der Waals surface area (Å²) < 4.78 is 6.46. The van der Waals surface area contributed by atoms with Crippen molar-refractivity contribution in [2.45, 2.75) is 44.3 Å². The molecule has 1 N–H and O–H groups in total. The number of rotatable bonds is 6. The standard InChI is InChI=1S/C20H25N5O2S/c1-13-24-14(11-28-13)2-3-19(26)23-8-15-16-10-25(18-9-21-6-7-22-18)12-20(16)5-4-17(15)27-20/h6-7,9,11,15-17H,2-5,8,10,12H2,1H3,(H,23,26)/t15-,16+,17+,20+/m0/s1. The molecule has 8 heteroatoms. The predicted molar refractivity (Wildman–Crippen MR) is 106 cm³/mol. The van der Waals surface area contributed by atoms with Crippen LogP contribution in [0.2, 0.25) is 0 Å². The topological polar surface area (TPSA) is 80.2 Å². The van der Waals surface area contributed by atoms with Crippen molar-refractivity contribution in [3.63, 3.8) is 0 Å².